The molecular formula is C21H24N6O. The molecule has 7 heteroatoms. The van der Waals surface area contributed by atoms with Crippen LogP contribution in [0.3, 0.4) is 0 Å². The summed E-state index contributed by atoms with van der Waals surface area (Å²) in [5.41, 5.74) is 3.62. The molecule has 144 valence electrons. The summed E-state index contributed by atoms with van der Waals surface area (Å²) in [6.07, 6.45) is 10.4. The molecule has 2 atom stereocenters. The Bertz CT molecular complexity index is 1030. The predicted molar refractivity (Wildman–Crippen MR) is 106 cm³/mol. The van der Waals surface area contributed by atoms with Crippen LogP contribution in [-0.2, 0) is 6.42 Å². The van der Waals surface area contributed by atoms with Gasteiger partial charge in [-0.3, -0.25) is 9.78 Å². The molecule has 2 aliphatic heterocycles. The third-order valence-corrected chi connectivity index (χ3v) is 5.86. The van der Waals surface area contributed by atoms with E-state index in [1.807, 2.05) is 31.5 Å². The first kappa shape index (κ1) is 17.2. The summed E-state index contributed by atoms with van der Waals surface area (Å²) >= 11 is 0. The lowest BCUT2D eigenvalue weighted by atomic mass is 9.98. The molecule has 3 aromatic heterocycles. The van der Waals surface area contributed by atoms with Gasteiger partial charge in [0.25, 0.3) is 5.91 Å². The lowest BCUT2D eigenvalue weighted by molar-refractivity contribution is 0.0939. The topological polar surface area (TPSA) is 75.4 Å². The monoisotopic (exact) mass is 376 g/mol. The van der Waals surface area contributed by atoms with Gasteiger partial charge in [0, 0.05) is 30.7 Å². The molecule has 28 heavy (non-hydrogen) atoms. The number of hydrogen-bond donors (Lipinski definition) is 1. The molecule has 1 fully saturated rings. The van der Waals surface area contributed by atoms with Crippen molar-refractivity contribution in [2.45, 2.75) is 51.1 Å². The molecule has 1 N–H and O–H groups in total. The maximum Gasteiger partial charge on any atom is 0.256 e. The van der Waals surface area contributed by atoms with Crippen molar-refractivity contribution < 1.29 is 4.79 Å². The van der Waals surface area contributed by atoms with Gasteiger partial charge in [-0.05, 0) is 56.7 Å². The standard InChI is InChI=1S/C21H24N6O/c1-14-5-2-7-17-15(6-3-10-22-17)18-8-4-11-26(18)19-9-12-27-20(25-19)16(13-23-27)21(28)24-14/h3,6,9-10,12-14,18H,2,4-5,7-8,11H2,1H3,(H,24,28)/t14-,18+/m0/s1. The molecule has 0 aliphatic carbocycles. The zero-order valence-electron chi connectivity index (χ0n) is 16.0. The van der Waals surface area contributed by atoms with E-state index in [0.717, 1.165) is 44.5 Å². The number of nitrogens with one attached hydrogen (secondary N) is 1. The van der Waals surface area contributed by atoms with E-state index in [9.17, 15) is 4.79 Å². The van der Waals surface area contributed by atoms with E-state index >= 15 is 0 Å². The number of aromatic nitrogens is 4. The van der Waals surface area contributed by atoms with Crippen LogP contribution in [0.25, 0.3) is 5.65 Å². The average molecular weight is 376 g/mol. The van der Waals surface area contributed by atoms with Crippen LogP contribution < -0.4 is 10.2 Å². The van der Waals surface area contributed by atoms with Gasteiger partial charge in [-0.25, -0.2) is 9.50 Å². The minimum Gasteiger partial charge on any atom is -0.349 e. The minimum atomic E-state index is -0.110. The summed E-state index contributed by atoms with van der Waals surface area (Å²) in [6.45, 7) is 3.00. The van der Waals surface area contributed by atoms with Crippen LogP contribution in [0.15, 0.2) is 36.8 Å². The number of nitrogens with zero attached hydrogens (tertiary/aromatic N) is 5. The first-order valence-corrected chi connectivity index (χ1v) is 10.1. The van der Waals surface area contributed by atoms with E-state index < -0.39 is 0 Å². The number of rotatable bonds is 0. The second-order valence-corrected chi connectivity index (χ2v) is 7.77. The van der Waals surface area contributed by atoms with Crippen LogP contribution in [0.2, 0.25) is 0 Å². The van der Waals surface area contributed by atoms with Crippen LogP contribution in [0.1, 0.15) is 60.3 Å². The Labute approximate surface area is 163 Å². The zero-order valence-corrected chi connectivity index (χ0v) is 16.0. The maximum absolute atomic E-state index is 12.8. The van der Waals surface area contributed by atoms with Gasteiger partial charge in [0.2, 0.25) is 0 Å². The number of aryl methyl sites for hydroxylation is 1. The van der Waals surface area contributed by atoms with Gasteiger partial charge in [-0.1, -0.05) is 6.07 Å². The van der Waals surface area contributed by atoms with Crippen molar-refractivity contribution >= 4 is 17.4 Å². The van der Waals surface area contributed by atoms with Crippen molar-refractivity contribution in [1.29, 1.82) is 0 Å². The SMILES string of the molecule is C[C@H]1CCCc2ncccc2[C@H]2CCCN2c2ccn3ncc(c3n2)C(=O)N1. The first-order valence-electron chi connectivity index (χ1n) is 10.1. The third-order valence-electron chi connectivity index (χ3n) is 5.86. The molecule has 0 saturated carbocycles. The summed E-state index contributed by atoms with van der Waals surface area (Å²) in [7, 11) is 0. The van der Waals surface area contributed by atoms with E-state index in [0.29, 0.717) is 11.2 Å². The predicted octanol–water partition coefficient (Wildman–Crippen LogP) is 2.92. The zero-order chi connectivity index (χ0) is 19.1. The quantitative estimate of drug-likeness (QED) is 0.653. The molecule has 2 bridgehead atoms. The second-order valence-electron chi connectivity index (χ2n) is 7.77. The highest BCUT2D eigenvalue weighted by Gasteiger charge is 2.30. The Balaban J connectivity index is 1.65. The lowest BCUT2D eigenvalue weighted by Gasteiger charge is -2.27. The number of amides is 1. The molecule has 1 amide bonds. The van der Waals surface area contributed by atoms with Crippen molar-refractivity contribution in [1.82, 2.24) is 24.9 Å². The van der Waals surface area contributed by atoms with Crippen LogP contribution in [0, 0.1) is 0 Å². The molecule has 0 radical (unpaired) electrons. The van der Waals surface area contributed by atoms with Crippen molar-refractivity contribution in [3.8, 4) is 0 Å². The fourth-order valence-corrected chi connectivity index (χ4v) is 4.46. The number of hydrogen-bond acceptors (Lipinski definition) is 5. The summed E-state index contributed by atoms with van der Waals surface area (Å²) in [4.78, 5) is 24.7. The van der Waals surface area contributed by atoms with E-state index in [1.165, 1.54) is 11.3 Å². The van der Waals surface area contributed by atoms with Crippen molar-refractivity contribution in [2.24, 2.45) is 0 Å². The van der Waals surface area contributed by atoms with Crippen molar-refractivity contribution in [2.75, 3.05) is 11.4 Å². The average Bonchev–Trinajstić information content (AvgIpc) is 3.34. The molecule has 0 unspecified atom stereocenters. The number of carbonyl (C=O) groups is 1. The van der Waals surface area contributed by atoms with Gasteiger partial charge in [-0.2, -0.15) is 5.10 Å². The largest absolute Gasteiger partial charge is 0.349 e. The number of pyridine rings is 1. The van der Waals surface area contributed by atoms with E-state index in [4.69, 9.17) is 9.97 Å². The summed E-state index contributed by atoms with van der Waals surface area (Å²) in [5.74, 6) is 0.783. The van der Waals surface area contributed by atoms with E-state index in [2.05, 4.69) is 21.4 Å². The Hall–Kier alpha value is -2.96. The Morgan fingerprint density at radius 3 is 3.07 bits per heavy atom. The van der Waals surface area contributed by atoms with Gasteiger partial charge in [0.05, 0.1) is 12.2 Å². The van der Waals surface area contributed by atoms with Crippen LogP contribution in [0.4, 0.5) is 5.82 Å². The fourth-order valence-electron chi connectivity index (χ4n) is 4.46. The molecule has 0 spiro atoms. The number of anilines is 1. The molecule has 3 aromatic rings. The molecule has 7 nitrogen and oxygen atoms in total. The van der Waals surface area contributed by atoms with Crippen LogP contribution in [0.5, 0.6) is 0 Å². The van der Waals surface area contributed by atoms with Crippen LogP contribution in [-0.4, -0.2) is 38.1 Å². The van der Waals surface area contributed by atoms with Crippen LogP contribution >= 0.6 is 0 Å². The van der Waals surface area contributed by atoms with E-state index in [1.54, 1.807) is 10.7 Å². The molecule has 2 aliphatic rings. The Morgan fingerprint density at radius 2 is 2.14 bits per heavy atom. The molecule has 1 saturated heterocycles. The van der Waals surface area contributed by atoms with Crippen molar-refractivity contribution in [3.63, 3.8) is 0 Å². The number of carbonyl (C=O) groups excluding carboxylic acids is 1. The third kappa shape index (κ3) is 2.91. The first-order chi connectivity index (χ1) is 13.7. The molecule has 5 heterocycles. The Morgan fingerprint density at radius 1 is 1.21 bits per heavy atom. The molecule has 5 rings (SSSR count). The van der Waals surface area contributed by atoms with Gasteiger partial charge >= 0.3 is 0 Å². The summed E-state index contributed by atoms with van der Waals surface area (Å²) in [5, 5.41) is 7.41. The van der Waals surface area contributed by atoms with Gasteiger partial charge < -0.3 is 10.2 Å². The van der Waals surface area contributed by atoms with E-state index in [-0.39, 0.29) is 18.0 Å². The van der Waals surface area contributed by atoms with Gasteiger partial charge in [0.15, 0.2) is 5.65 Å². The summed E-state index contributed by atoms with van der Waals surface area (Å²) in [6, 6.07) is 6.60. The highest BCUT2D eigenvalue weighted by atomic mass is 16.1. The fraction of sp³-hybridized carbons (Fsp3) is 0.429. The van der Waals surface area contributed by atoms with Gasteiger partial charge in [-0.15, -0.1) is 0 Å². The van der Waals surface area contributed by atoms with Gasteiger partial charge in [0.1, 0.15) is 11.4 Å². The Kier molecular flexibility index (Phi) is 4.22. The maximum atomic E-state index is 12.8. The smallest absolute Gasteiger partial charge is 0.256 e. The lowest BCUT2D eigenvalue weighted by Crippen LogP contribution is -2.33. The highest BCUT2D eigenvalue weighted by Crippen LogP contribution is 2.37. The normalized spacial score (nSPS) is 22.6. The molecular weight excluding hydrogens is 352 g/mol. The summed E-state index contributed by atoms with van der Waals surface area (Å²) < 4.78 is 1.68. The molecule has 0 aromatic carbocycles. The highest BCUT2D eigenvalue weighted by molar-refractivity contribution is 5.99. The van der Waals surface area contributed by atoms with Crippen molar-refractivity contribution in [3.05, 3.63) is 53.6 Å². The number of fused-ring (bicyclic) bond motifs is 5. The minimum absolute atomic E-state index is 0.0868. The second kappa shape index (κ2) is 6.89.